The van der Waals surface area contributed by atoms with E-state index in [0.29, 0.717) is 6.61 Å². The van der Waals surface area contributed by atoms with Crippen molar-refractivity contribution in [2.24, 2.45) is 0 Å². The van der Waals surface area contributed by atoms with Gasteiger partial charge in [0, 0.05) is 6.42 Å². The Hall–Kier alpha value is -2.00. The Balaban J connectivity index is 1.66. The lowest BCUT2D eigenvalue weighted by molar-refractivity contribution is -0.0406. The van der Waals surface area contributed by atoms with Crippen LogP contribution in [0.2, 0.25) is 0 Å². The zero-order valence-corrected chi connectivity index (χ0v) is 11.3. The van der Waals surface area contributed by atoms with Gasteiger partial charge >= 0.3 is 0 Å². The summed E-state index contributed by atoms with van der Waals surface area (Å²) in [5.41, 5.74) is 1.14. The predicted molar refractivity (Wildman–Crippen MR) is 76.8 cm³/mol. The van der Waals surface area contributed by atoms with Crippen molar-refractivity contribution in [1.29, 1.82) is 0 Å². The molecule has 1 atom stereocenters. The zero-order valence-electron chi connectivity index (χ0n) is 11.3. The minimum Gasteiger partial charge on any atom is -0.485 e. The molecule has 0 radical (unpaired) electrons. The first-order valence-electron chi connectivity index (χ1n) is 6.96. The molecule has 0 aromatic heterocycles. The van der Waals surface area contributed by atoms with Crippen molar-refractivity contribution in [3.8, 4) is 11.5 Å². The second-order valence-electron chi connectivity index (χ2n) is 4.78. The van der Waals surface area contributed by atoms with E-state index < -0.39 is 0 Å². The highest BCUT2D eigenvalue weighted by molar-refractivity contribution is 5.39. The molecule has 0 bridgehead atoms. The highest BCUT2D eigenvalue weighted by Gasteiger charge is 2.18. The van der Waals surface area contributed by atoms with Crippen molar-refractivity contribution in [2.45, 2.75) is 25.7 Å². The molecule has 1 heterocycles. The summed E-state index contributed by atoms with van der Waals surface area (Å²) in [6.07, 6.45) is 1.85. The second-order valence-corrected chi connectivity index (χ2v) is 4.78. The topological polar surface area (TPSA) is 27.7 Å². The third-order valence-electron chi connectivity index (χ3n) is 3.23. The van der Waals surface area contributed by atoms with Crippen LogP contribution >= 0.6 is 0 Å². The molecule has 3 nitrogen and oxygen atoms in total. The van der Waals surface area contributed by atoms with Crippen LogP contribution in [0.1, 0.15) is 18.4 Å². The van der Waals surface area contributed by atoms with Crippen LogP contribution in [0.4, 0.5) is 0 Å². The molecular formula is C17H18O3. The van der Waals surface area contributed by atoms with E-state index in [-0.39, 0.29) is 6.29 Å². The molecule has 0 saturated carbocycles. The highest BCUT2D eigenvalue weighted by atomic mass is 16.7. The van der Waals surface area contributed by atoms with Gasteiger partial charge in [-0.2, -0.15) is 0 Å². The molecule has 0 spiro atoms. The first kappa shape index (κ1) is 13.0. The third kappa shape index (κ3) is 3.31. The fourth-order valence-electron chi connectivity index (χ4n) is 2.18. The summed E-state index contributed by atoms with van der Waals surface area (Å²) >= 11 is 0. The molecule has 104 valence electrons. The van der Waals surface area contributed by atoms with Gasteiger partial charge in [0.15, 0.2) is 17.8 Å². The van der Waals surface area contributed by atoms with E-state index in [1.165, 1.54) is 0 Å². The molecule has 3 rings (SSSR count). The van der Waals surface area contributed by atoms with Crippen molar-refractivity contribution in [1.82, 2.24) is 0 Å². The van der Waals surface area contributed by atoms with E-state index in [1.54, 1.807) is 0 Å². The van der Waals surface area contributed by atoms with Crippen molar-refractivity contribution >= 4 is 0 Å². The maximum Gasteiger partial charge on any atom is 0.200 e. The van der Waals surface area contributed by atoms with E-state index in [0.717, 1.165) is 36.5 Å². The van der Waals surface area contributed by atoms with Crippen molar-refractivity contribution in [3.05, 3.63) is 60.2 Å². The van der Waals surface area contributed by atoms with Gasteiger partial charge in [-0.15, -0.1) is 0 Å². The summed E-state index contributed by atoms with van der Waals surface area (Å²) in [5.74, 6) is 1.50. The van der Waals surface area contributed by atoms with Crippen LogP contribution in [0.5, 0.6) is 11.5 Å². The van der Waals surface area contributed by atoms with Crippen LogP contribution in [0.25, 0.3) is 0 Å². The van der Waals surface area contributed by atoms with E-state index in [1.807, 2.05) is 54.6 Å². The Morgan fingerprint density at radius 2 is 1.70 bits per heavy atom. The summed E-state index contributed by atoms with van der Waals surface area (Å²) in [6.45, 7) is 1.31. The zero-order chi connectivity index (χ0) is 13.6. The lowest BCUT2D eigenvalue weighted by Gasteiger charge is -2.16. The van der Waals surface area contributed by atoms with Crippen LogP contribution in [-0.4, -0.2) is 12.9 Å². The molecule has 2 aromatic rings. The monoisotopic (exact) mass is 270 g/mol. The minimum absolute atomic E-state index is 0.142. The third-order valence-corrected chi connectivity index (χ3v) is 3.23. The predicted octanol–water partition coefficient (Wildman–Crippen LogP) is 3.78. The van der Waals surface area contributed by atoms with E-state index in [9.17, 15) is 0 Å². The fourth-order valence-corrected chi connectivity index (χ4v) is 2.18. The van der Waals surface area contributed by atoms with E-state index >= 15 is 0 Å². The summed E-state index contributed by atoms with van der Waals surface area (Å²) in [4.78, 5) is 0. The van der Waals surface area contributed by atoms with Crippen LogP contribution in [-0.2, 0) is 11.3 Å². The average molecular weight is 270 g/mol. The lowest BCUT2D eigenvalue weighted by atomic mass is 10.2. The number of hydrogen-bond acceptors (Lipinski definition) is 3. The lowest BCUT2D eigenvalue weighted by Crippen LogP contribution is -2.14. The van der Waals surface area contributed by atoms with Gasteiger partial charge in [-0.3, -0.25) is 0 Å². The SMILES string of the molecule is c1ccc(COc2ccccc2OC2CCCO2)cc1. The van der Waals surface area contributed by atoms with Gasteiger partial charge in [0.25, 0.3) is 0 Å². The molecule has 20 heavy (non-hydrogen) atoms. The first-order chi connectivity index (χ1) is 9.92. The Morgan fingerprint density at radius 1 is 0.950 bits per heavy atom. The van der Waals surface area contributed by atoms with Crippen molar-refractivity contribution in [2.75, 3.05) is 6.61 Å². The van der Waals surface area contributed by atoms with E-state index in [4.69, 9.17) is 14.2 Å². The Labute approximate surface area is 119 Å². The van der Waals surface area contributed by atoms with Gasteiger partial charge in [-0.05, 0) is 24.1 Å². The quantitative estimate of drug-likeness (QED) is 0.827. The number of ether oxygens (including phenoxy) is 3. The van der Waals surface area contributed by atoms with Gasteiger partial charge in [-0.25, -0.2) is 0 Å². The van der Waals surface area contributed by atoms with Crippen molar-refractivity contribution in [3.63, 3.8) is 0 Å². The highest BCUT2D eigenvalue weighted by Crippen LogP contribution is 2.30. The van der Waals surface area contributed by atoms with Gasteiger partial charge in [0.1, 0.15) is 6.61 Å². The second kappa shape index (κ2) is 6.44. The summed E-state index contributed by atoms with van der Waals surface area (Å²) in [6, 6.07) is 17.8. The molecule has 1 saturated heterocycles. The standard InChI is InChI=1S/C17H18O3/c1-2-7-14(8-3-1)13-19-15-9-4-5-10-16(15)20-17-11-6-12-18-17/h1-5,7-10,17H,6,11-13H2. The number of rotatable bonds is 5. The largest absolute Gasteiger partial charge is 0.485 e. The van der Waals surface area contributed by atoms with E-state index in [2.05, 4.69) is 0 Å². The van der Waals surface area contributed by atoms with Crippen LogP contribution < -0.4 is 9.47 Å². The summed E-state index contributed by atoms with van der Waals surface area (Å²) in [7, 11) is 0. The molecule has 1 aliphatic heterocycles. The molecule has 0 aliphatic carbocycles. The van der Waals surface area contributed by atoms with Crippen LogP contribution in [0.3, 0.4) is 0 Å². The van der Waals surface area contributed by atoms with Crippen LogP contribution in [0, 0.1) is 0 Å². The molecule has 0 N–H and O–H groups in total. The number of para-hydroxylation sites is 2. The Kier molecular flexibility index (Phi) is 4.19. The van der Waals surface area contributed by atoms with Gasteiger partial charge < -0.3 is 14.2 Å². The Bertz CT molecular complexity index is 533. The van der Waals surface area contributed by atoms with Crippen LogP contribution in [0.15, 0.2) is 54.6 Å². The van der Waals surface area contributed by atoms with Crippen molar-refractivity contribution < 1.29 is 14.2 Å². The van der Waals surface area contributed by atoms with Gasteiger partial charge in [0.05, 0.1) is 6.61 Å². The fraction of sp³-hybridized carbons (Fsp3) is 0.294. The minimum atomic E-state index is -0.142. The summed E-state index contributed by atoms with van der Waals surface area (Å²) < 4.78 is 17.2. The Morgan fingerprint density at radius 3 is 2.45 bits per heavy atom. The molecule has 1 fully saturated rings. The molecule has 2 aromatic carbocycles. The maximum absolute atomic E-state index is 5.85. The molecular weight excluding hydrogens is 252 g/mol. The first-order valence-corrected chi connectivity index (χ1v) is 6.96. The number of benzene rings is 2. The maximum atomic E-state index is 5.85. The van der Waals surface area contributed by atoms with Gasteiger partial charge in [0.2, 0.25) is 0 Å². The number of hydrogen-bond donors (Lipinski definition) is 0. The summed E-state index contributed by atoms with van der Waals surface area (Å²) in [5, 5.41) is 0. The molecule has 1 aliphatic rings. The molecule has 1 unspecified atom stereocenters. The molecule has 3 heteroatoms. The normalized spacial score (nSPS) is 17.9. The smallest absolute Gasteiger partial charge is 0.200 e. The molecule has 0 amide bonds. The average Bonchev–Trinajstić information content (AvgIpc) is 3.00. The van der Waals surface area contributed by atoms with Gasteiger partial charge in [-0.1, -0.05) is 42.5 Å².